The zero-order chi connectivity index (χ0) is 16.9. The molecule has 1 heterocycles. The Morgan fingerprint density at radius 3 is 2.79 bits per heavy atom. The van der Waals surface area contributed by atoms with Crippen LogP contribution >= 0.6 is 0 Å². The molecule has 2 aliphatic rings. The third-order valence-electron chi connectivity index (χ3n) is 4.85. The largest absolute Gasteiger partial charge is 0.378 e. The minimum Gasteiger partial charge on any atom is -0.378 e. The molecule has 1 atom stereocenters. The highest BCUT2D eigenvalue weighted by atomic mass is 19.1. The van der Waals surface area contributed by atoms with E-state index in [2.05, 4.69) is 5.32 Å². The molecule has 0 radical (unpaired) electrons. The average Bonchev–Trinajstić information content (AvgIpc) is 3.10. The minimum atomic E-state index is -0.479. The van der Waals surface area contributed by atoms with Gasteiger partial charge in [-0.15, -0.1) is 0 Å². The lowest BCUT2D eigenvalue weighted by Crippen LogP contribution is -2.46. The summed E-state index contributed by atoms with van der Waals surface area (Å²) >= 11 is 0. The monoisotopic (exact) mass is 338 g/mol. The zero-order valence-electron chi connectivity index (χ0n) is 13.8. The molecule has 0 aromatic heterocycles. The Hall–Kier alpha value is -1.53. The molecule has 2 fully saturated rings. The van der Waals surface area contributed by atoms with Crippen LogP contribution in [0.4, 0.5) is 8.78 Å². The van der Waals surface area contributed by atoms with Crippen LogP contribution in [0.2, 0.25) is 0 Å². The van der Waals surface area contributed by atoms with Crippen molar-refractivity contribution in [1.29, 1.82) is 0 Å². The standard InChI is InChI=1S/C18H24F2N2O2/c19-14-5-6-17(20)13(9-14)11-22(16-3-1-2-4-16)18(23)10-15-12-24-8-7-21-15/h5-6,9,15-16,21H,1-4,7-8,10-12H2. The van der Waals surface area contributed by atoms with E-state index in [1.54, 1.807) is 4.90 Å². The van der Waals surface area contributed by atoms with E-state index in [-0.39, 0.29) is 30.1 Å². The molecule has 1 aromatic carbocycles. The van der Waals surface area contributed by atoms with Gasteiger partial charge in [-0.1, -0.05) is 12.8 Å². The summed E-state index contributed by atoms with van der Waals surface area (Å²) in [6.07, 6.45) is 4.33. The Morgan fingerprint density at radius 1 is 1.29 bits per heavy atom. The quantitative estimate of drug-likeness (QED) is 0.897. The number of amides is 1. The zero-order valence-corrected chi connectivity index (χ0v) is 13.8. The van der Waals surface area contributed by atoms with Gasteiger partial charge in [0, 0.05) is 37.2 Å². The Labute approximate surface area is 141 Å². The molecule has 1 saturated heterocycles. The summed E-state index contributed by atoms with van der Waals surface area (Å²) < 4.78 is 32.9. The van der Waals surface area contributed by atoms with E-state index in [1.165, 1.54) is 6.07 Å². The van der Waals surface area contributed by atoms with E-state index in [4.69, 9.17) is 4.74 Å². The second kappa shape index (κ2) is 8.03. The van der Waals surface area contributed by atoms with Crippen molar-refractivity contribution in [2.75, 3.05) is 19.8 Å². The molecule has 1 aromatic rings. The molecule has 6 heteroatoms. The highest BCUT2D eigenvalue weighted by Crippen LogP contribution is 2.26. The SMILES string of the molecule is O=C(CC1COCCN1)N(Cc1cc(F)ccc1F)C1CCCC1. The van der Waals surface area contributed by atoms with Crippen LogP contribution in [0.1, 0.15) is 37.7 Å². The number of halogens is 2. The molecule has 1 saturated carbocycles. The van der Waals surface area contributed by atoms with Crippen LogP contribution in [-0.2, 0) is 16.1 Å². The second-order valence-electron chi connectivity index (χ2n) is 6.63. The van der Waals surface area contributed by atoms with E-state index in [1.807, 2.05) is 0 Å². The molecule has 1 unspecified atom stereocenters. The number of carbonyl (C=O) groups is 1. The molecule has 24 heavy (non-hydrogen) atoms. The number of nitrogens with one attached hydrogen (secondary N) is 1. The molecule has 1 N–H and O–H groups in total. The molecular formula is C18H24F2N2O2. The van der Waals surface area contributed by atoms with Crippen molar-refractivity contribution < 1.29 is 18.3 Å². The molecule has 3 rings (SSSR count). The number of hydrogen-bond donors (Lipinski definition) is 1. The smallest absolute Gasteiger partial charge is 0.224 e. The minimum absolute atomic E-state index is 0.00694. The van der Waals surface area contributed by atoms with Gasteiger partial charge in [0.2, 0.25) is 5.91 Å². The number of benzene rings is 1. The summed E-state index contributed by atoms with van der Waals surface area (Å²) in [6.45, 7) is 2.03. The number of hydrogen-bond acceptors (Lipinski definition) is 3. The topological polar surface area (TPSA) is 41.6 Å². The van der Waals surface area contributed by atoms with Crippen LogP contribution in [0.3, 0.4) is 0 Å². The molecule has 1 aliphatic carbocycles. The van der Waals surface area contributed by atoms with Crippen molar-refractivity contribution in [1.82, 2.24) is 10.2 Å². The first-order valence-electron chi connectivity index (χ1n) is 8.68. The average molecular weight is 338 g/mol. The second-order valence-corrected chi connectivity index (χ2v) is 6.63. The van der Waals surface area contributed by atoms with E-state index < -0.39 is 11.6 Å². The molecule has 1 amide bonds. The molecule has 1 aliphatic heterocycles. The van der Waals surface area contributed by atoms with Crippen molar-refractivity contribution >= 4 is 5.91 Å². The van der Waals surface area contributed by atoms with E-state index in [0.717, 1.165) is 44.4 Å². The van der Waals surface area contributed by atoms with Gasteiger partial charge in [0.1, 0.15) is 11.6 Å². The lowest BCUT2D eigenvalue weighted by molar-refractivity contribution is -0.135. The summed E-state index contributed by atoms with van der Waals surface area (Å²) in [5.74, 6) is -0.965. The predicted octanol–water partition coefficient (Wildman–Crippen LogP) is 2.61. The van der Waals surface area contributed by atoms with Crippen LogP contribution in [0.25, 0.3) is 0 Å². The summed E-state index contributed by atoms with van der Waals surface area (Å²) in [6, 6.07) is 3.52. The Bertz CT molecular complexity index is 570. The predicted molar refractivity (Wildman–Crippen MR) is 86.4 cm³/mol. The summed E-state index contributed by atoms with van der Waals surface area (Å²) in [7, 11) is 0. The lowest BCUT2D eigenvalue weighted by Gasteiger charge is -2.32. The van der Waals surface area contributed by atoms with Crippen LogP contribution in [0.5, 0.6) is 0 Å². The van der Waals surface area contributed by atoms with Crippen molar-refractivity contribution in [2.24, 2.45) is 0 Å². The van der Waals surface area contributed by atoms with Gasteiger partial charge in [-0.2, -0.15) is 0 Å². The molecule has 0 bridgehead atoms. The molecular weight excluding hydrogens is 314 g/mol. The first kappa shape index (κ1) is 17.3. The van der Waals surface area contributed by atoms with E-state index in [0.29, 0.717) is 19.6 Å². The maximum Gasteiger partial charge on any atom is 0.224 e. The first-order chi connectivity index (χ1) is 11.6. The fraction of sp³-hybridized carbons (Fsp3) is 0.611. The molecule has 4 nitrogen and oxygen atoms in total. The van der Waals surface area contributed by atoms with Crippen molar-refractivity contribution in [2.45, 2.75) is 50.7 Å². The van der Waals surface area contributed by atoms with Crippen LogP contribution in [0, 0.1) is 11.6 Å². The molecule has 132 valence electrons. The summed E-state index contributed by atoms with van der Waals surface area (Å²) in [5, 5.41) is 3.27. The van der Waals surface area contributed by atoms with Gasteiger partial charge in [-0.05, 0) is 31.0 Å². The van der Waals surface area contributed by atoms with Crippen molar-refractivity contribution in [3.63, 3.8) is 0 Å². The Balaban J connectivity index is 1.72. The highest BCUT2D eigenvalue weighted by molar-refractivity contribution is 5.77. The van der Waals surface area contributed by atoms with Gasteiger partial charge < -0.3 is 15.0 Å². The van der Waals surface area contributed by atoms with Gasteiger partial charge in [-0.25, -0.2) is 8.78 Å². The lowest BCUT2D eigenvalue weighted by atomic mass is 10.1. The summed E-state index contributed by atoms with van der Waals surface area (Å²) in [5.41, 5.74) is 0.239. The van der Waals surface area contributed by atoms with E-state index >= 15 is 0 Å². The fourth-order valence-electron chi connectivity index (χ4n) is 3.56. The van der Waals surface area contributed by atoms with Crippen LogP contribution in [0.15, 0.2) is 18.2 Å². The van der Waals surface area contributed by atoms with Crippen LogP contribution < -0.4 is 5.32 Å². The number of nitrogens with zero attached hydrogens (tertiary/aromatic N) is 1. The van der Waals surface area contributed by atoms with Gasteiger partial charge in [0.05, 0.1) is 13.2 Å². The maximum atomic E-state index is 14.0. The van der Waals surface area contributed by atoms with Gasteiger partial charge >= 0.3 is 0 Å². The van der Waals surface area contributed by atoms with Gasteiger partial charge in [-0.3, -0.25) is 4.79 Å². The van der Waals surface area contributed by atoms with Crippen molar-refractivity contribution in [3.8, 4) is 0 Å². The third-order valence-corrected chi connectivity index (χ3v) is 4.85. The van der Waals surface area contributed by atoms with Crippen LogP contribution in [-0.4, -0.2) is 42.6 Å². The number of carbonyl (C=O) groups excluding carboxylic acids is 1. The van der Waals surface area contributed by atoms with Gasteiger partial charge in [0.15, 0.2) is 0 Å². The molecule has 0 spiro atoms. The number of rotatable bonds is 5. The fourth-order valence-corrected chi connectivity index (χ4v) is 3.56. The Kier molecular flexibility index (Phi) is 5.79. The third kappa shape index (κ3) is 4.30. The highest BCUT2D eigenvalue weighted by Gasteiger charge is 2.29. The first-order valence-corrected chi connectivity index (χ1v) is 8.68. The summed E-state index contributed by atoms with van der Waals surface area (Å²) in [4.78, 5) is 14.6. The number of ether oxygens (including phenoxy) is 1. The van der Waals surface area contributed by atoms with Gasteiger partial charge in [0.25, 0.3) is 0 Å². The number of morpholine rings is 1. The Morgan fingerprint density at radius 2 is 2.08 bits per heavy atom. The van der Waals surface area contributed by atoms with E-state index in [9.17, 15) is 13.6 Å². The van der Waals surface area contributed by atoms with Crippen molar-refractivity contribution in [3.05, 3.63) is 35.4 Å². The normalized spacial score (nSPS) is 21.8. The maximum absolute atomic E-state index is 14.0.